The molecular formula is C12H17BrO3. The standard InChI is InChI=1S/C12H17BrO3/c1-10-9-11(13)3-4-12(10)16-8-7-15-6-5-14-2/h3-4,9H,5-8H2,1-2H3. The van der Waals surface area contributed by atoms with E-state index in [1.165, 1.54) is 0 Å². The Bertz CT molecular complexity index is 315. The highest BCUT2D eigenvalue weighted by Crippen LogP contribution is 2.21. The molecule has 3 nitrogen and oxygen atoms in total. The highest BCUT2D eigenvalue weighted by molar-refractivity contribution is 9.10. The second kappa shape index (κ2) is 7.65. The zero-order chi connectivity index (χ0) is 11.8. The van der Waals surface area contributed by atoms with Crippen LogP contribution in [-0.4, -0.2) is 33.5 Å². The van der Waals surface area contributed by atoms with Crippen LogP contribution in [0.1, 0.15) is 5.56 Å². The van der Waals surface area contributed by atoms with Crippen LogP contribution >= 0.6 is 15.9 Å². The zero-order valence-corrected chi connectivity index (χ0v) is 11.2. The summed E-state index contributed by atoms with van der Waals surface area (Å²) < 4.78 is 16.8. The van der Waals surface area contributed by atoms with E-state index < -0.39 is 0 Å². The van der Waals surface area contributed by atoms with E-state index in [1.807, 2.05) is 25.1 Å². The Morgan fingerprint density at radius 1 is 1.12 bits per heavy atom. The average Bonchev–Trinajstić information content (AvgIpc) is 2.26. The molecule has 1 aromatic rings. The minimum atomic E-state index is 0.562. The zero-order valence-electron chi connectivity index (χ0n) is 9.66. The SMILES string of the molecule is COCCOCCOc1ccc(Br)cc1C. The molecule has 4 heteroatoms. The molecule has 0 aliphatic rings. The summed E-state index contributed by atoms with van der Waals surface area (Å²) in [6.07, 6.45) is 0. The molecule has 1 rings (SSSR count). The first-order valence-electron chi connectivity index (χ1n) is 5.19. The number of hydrogen-bond acceptors (Lipinski definition) is 3. The minimum absolute atomic E-state index is 0.562. The van der Waals surface area contributed by atoms with Gasteiger partial charge in [0, 0.05) is 11.6 Å². The molecule has 0 heterocycles. The quantitative estimate of drug-likeness (QED) is 0.722. The van der Waals surface area contributed by atoms with Gasteiger partial charge in [0.25, 0.3) is 0 Å². The topological polar surface area (TPSA) is 27.7 Å². The molecule has 1 aromatic carbocycles. The molecule has 0 atom stereocenters. The van der Waals surface area contributed by atoms with Crippen LogP contribution in [0.2, 0.25) is 0 Å². The molecule has 0 aliphatic heterocycles. The fourth-order valence-corrected chi connectivity index (χ4v) is 1.71. The van der Waals surface area contributed by atoms with Crippen LogP contribution < -0.4 is 4.74 Å². The monoisotopic (exact) mass is 288 g/mol. The molecule has 0 N–H and O–H groups in total. The van der Waals surface area contributed by atoms with Crippen molar-refractivity contribution < 1.29 is 14.2 Å². The van der Waals surface area contributed by atoms with Crippen LogP contribution in [0, 0.1) is 6.92 Å². The van der Waals surface area contributed by atoms with Gasteiger partial charge >= 0.3 is 0 Å². The van der Waals surface area contributed by atoms with Gasteiger partial charge in [0.2, 0.25) is 0 Å². The molecule has 0 aromatic heterocycles. The van der Waals surface area contributed by atoms with Gasteiger partial charge in [0.1, 0.15) is 12.4 Å². The molecule has 0 spiro atoms. The van der Waals surface area contributed by atoms with Gasteiger partial charge in [-0.1, -0.05) is 15.9 Å². The van der Waals surface area contributed by atoms with E-state index in [9.17, 15) is 0 Å². The summed E-state index contributed by atoms with van der Waals surface area (Å²) in [5.74, 6) is 0.901. The molecule has 0 saturated heterocycles. The fraction of sp³-hybridized carbons (Fsp3) is 0.500. The summed E-state index contributed by atoms with van der Waals surface area (Å²) in [6, 6.07) is 5.95. The molecular weight excluding hydrogens is 272 g/mol. The fourth-order valence-electron chi connectivity index (χ4n) is 1.23. The lowest BCUT2D eigenvalue weighted by atomic mass is 10.2. The number of methoxy groups -OCH3 is 1. The van der Waals surface area contributed by atoms with E-state index in [-0.39, 0.29) is 0 Å². The summed E-state index contributed by atoms with van der Waals surface area (Å²) in [6.45, 7) is 4.40. The van der Waals surface area contributed by atoms with E-state index >= 15 is 0 Å². The second-order valence-electron chi connectivity index (χ2n) is 3.36. The first kappa shape index (κ1) is 13.5. The highest BCUT2D eigenvalue weighted by Gasteiger charge is 1.99. The first-order chi connectivity index (χ1) is 7.74. The van der Waals surface area contributed by atoms with Crippen molar-refractivity contribution in [3.05, 3.63) is 28.2 Å². The van der Waals surface area contributed by atoms with Gasteiger partial charge in [-0.2, -0.15) is 0 Å². The molecule has 0 unspecified atom stereocenters. The normalized spacial score (nSPS) is 10.4. The Kier molecular flexibility index (Phi) is 6.45. The van der Waals surface area contributed by atoms with Crippen molar-refractivity contribution in [2.24, 2.45) is 0 Å². The predicted octanol–water partition coefficient (Wildman–Crippen LogP) is 2.80. The van der Waals surface area contributed by atoms with E-state index in [1.54, 1.807) is 7.11 Å². The van der Waals surface area contributed by atoms with Crippen molar-refractivity contribution in [3.8, 4) is 5.75 Å². The van der Waals surface area contributed by atoms with Crippen molar-refractivity contribution in [1.82, 2.24) is 0 Å². The van der Waals surface area contributed by atoms with E-state index in [2.05, 4.69) is 15.9 Å². The van der Waals surface area contributed by atoms with Gasteiger partial charge in [0.15, 0.2) is 0 Å². The van der Waals surface area contributed by atoms with Gasteiger partial charge in [-0.3, -0.25) is 0 Å². The Hall–Kier alpha value is -0.580. The third kappa shape index (κ3) is 4.96. The lowest BCUT2D eigenvalue weighted by Crippen LogP contribution is -2.10. The number of benzene rings is 1. The highest BCUT2D eigenvalue weighted by atomic mass is 79.9. The van der Waals surface area contributed by atoms with Crippen LogP contribution in [0.15, 0.2) is 22.7 Å². The van der Waals surface area contributed by atoms with Gasteiger partial charge in [-0.15, -0.1) is 0 Å². The Morgan fingerprint density at radius 3 is 2.56 bits per heavy atom. The third-order valence-electron chi connectivity index (χ3n) is 2.05. The summed E-state index contributed by atoms with van der Waals surface area (Å²) in [5, 5.41) is 0. The maximum absolute atomic E-state index is 5.59. The molecule has 0 aliphatic carbocycles. The van der Waals surface area contributed by atoms with Gasteiger partial charge < -0.3 is 14.2 Å². The lowest BCUT2D eigenvalue weighted by molar-refractivity contribution is 0.0543. The largest absolute Gasteiger partial charge is 0.491 e. The minimum Gasteiger partial charge on any atom is -0.491 e. The Morgan fingerprint density at radius 2 is 1.88 bits per heavy atom. The van der Waals surface area contributed by atoms with Gasteiger partial charge in [-0.05, 0) is 30.7 Å². The van der Waals surface area contributed by atoms with Crippen molar-refractivity contribution >= 4 is 15.9 Å². The number of aryl methyl sites for hydroxylation is 1. The average molecular weight is 289 g/mol. The second-order valence-corrected chi connectivity index (χ2v) is 4.28. The summed E-state index contributed by atoms with van der Waals surface area (Å²) in [7, 11) is 1.66. The van der Waals surface area contributed by atoms with Crippen molar-refractivity contribution in [3.63, 3.8) is 0 Å². The predicted molar refractivity (Wildman–Crippen MR) is 67.1 cm³/mol. The molecule has 0 bridgehead atoms. The van der Waals surface area contributed by atoms with Crippen molar-refractivity contribution in [1.29, 1.82) is 0 Å². The van der Waals surface area contributed by atoms with E-state index in [0.717, 1.165) is 15.8 Å². The lowest BCUT2D eigenvalue weighted by Gasteiger charge is -2.09. The Labute approximate surface area is 105 Å². The number of halogens is 1. The van der Waals surface area contributed by atoms with Crippen LogP contribution in [-0.2, 0) is 9.47 Å². The molecule has 0 amide bonds. The van der Waals surface area contributed by atoms with Crippen LogP contribution in [0.3, 0.4) is 0 Å². The summed E-state index contributed by atoms with van der Waals surface area (Å²) in [5.41, 5.74) is 1.12. The smallest absolute Gasteiger partial charge is 0.122 e. The Balaban J connectivity index is 2.21. The molecule has 0 saturated carbocycles. The molecule has 0 radical (unpaired) electrons. The van der Waals surface area contributed by atoms with Crippen LogP contribution in [0.4, 0.5) is 0 Å². The summed E-state index contributed by atoms with van der Waals surface area (Å²) >= 11 is 3.41. The maximum atomic E-state index is 5.59. The molecule has 16 heavy (non-hydrogen) atoms. The number of ether oxygens (including phenoxy) is 3. The van der Waals surface area contributed by atoms with Crippen molar-refractivity contribution in [2.45, 2.75) is 6.92 Å². The third-order valence-corrected chi connectivity index (χ3v) is 2.55. The van der Waals surface area contributed by atoms with Crippen molar-refractivity contribution in [2.75, 3.05) is 33.5 Å². The number of rotatable bonds is 7. The first-order valence-corrected chi connectivity index (χ1v) is 5.99. The van der Waals surface area contributed by atoms with Gasteiger partial charge in [-0.25, -0.2) is 0 Å². The van der Waals surface area contributed by atoms with E-state index in [4.69, 9.17) is 14.2 Å². The summed E-state index contributed by atoms with van der Waals surface area (Å²) in [4.78, 5) is 0. The van der Waals surface area contributed by atoms with Crippen LogP contribution in [0.25, 0.3) is 0 Å². The molecule has 0 fully saturated rings. The van der Waals surface area contributed by atoms with Gasteiger partial charge in [0.05, 0.1) is 19.8 Å². The molecule has 90 valence electrons. The maximum Gasteiger partial charge on any atom is 0.122 e. The number of hydrogen-bond donors (Lipinski definition) is 0. The van der Waals surface area contributed by atoms with Crippen LogP contribution in [0.5, 0.6) is 5.75 Å². The van der Waals surface area contributed by atoms with E-state index in [0.29, 0.717) is 26.4 Å².